The maximum Gasteiger partial charge on any atom is 0.269 e. The van der Waals surface area contributed by atoms with Crippen LogP contribution in [0.1, 0.15) is 5.56 Å². The smallest absolute Gasteiger partial charge is 0.269 e. The maximum absolute atomic E-state index is 10.7. The van der Waals surface area contributed by atoms with Crippen LogP contribution in [0.4, 0.5) is 5.69 Å². The van der Waals surface area contributed by atoms with Gasteiger partial charge in [0.1, 0.15) is 5.75 Å². The lowest BCUT2D eigenvalue weighted by Crippen LogP contribution is -1.95. The fourth-order valence-electron chi connectivity index (χ4n) is 2.20. The molecule has 0 N–H and O–H groups in total. The van der Waals surface area contributed by atoms with Crippen LogP contribution in [0.25, 0.3) is 5.69 Å². The lowest BCUT2D eigenvalue weighted by atomic mass is 10.2. The van der Waals surface area contributed by atoms with E-state index >= 15 is 0 Å². The molecule has 1 aromatic heterocycles. The minimum absolute atomic E-state index is 0.100. The van der Waals surface area contributed by atoms with Crippen LogP contribution in [0, 0.1) is 10.1 Å². The predicted molar refractivity (Wildman–Crippen MR) is 92.8 cm³/mol. The molecule has 122 valence electrons. The van der Waals surface area contributed by atoms with Crippen molar-refractivity contribution in [3.63, 3.8) is 0 Å². The molecule has 0 aliphatic rings. The Kier molecular flexibility index (Phi) is 4.81. The Morgan fingerprint density at radius 3 is 2.50 bits per heavy atom. The average Bonchev–Trinajstić information content (AvgIpc) is 3.09. The van der Waals surface area contributed by atoms with Crippen LogP contribution in [-0.4, -0.2) is 21.6 Å². The second-order valence-corrected chi connectivity index (χ2v) is 5.93. The first-order chi connectivity index (χ1) is 11.7. The van der Waals surface area contributed by atoms with E-state index in [2.05, 4.69) is 4.98 Å². The lowest BCUT2D eigenvalue weighted by Gasteiger charge is -2.08. The molecule has 0 radical (unpaired) electrons. The van der Waals surface area contributed by atoms with E-state index in [4.69, 9.17) is 4.74 Å². The highest BCUT2D eigenvalue weighted by atomic mass is 32.2. The van der Waals surface area contributed by atoms with Crippen LogP contribution in [0.5, 0.6) is 5.75 Å². The third-order valence-electron chi connectivity index (χ3n) is 3.47. The summed E-state index contributed by atoms with van der Waals surface area (Å²) in [5, 5.41) is 11.5. The van der Waals surface area contributed by atoms with E-state index in [0.717, 1.165) is 22.2 Å². The molecule has 0 spiro atoms. The summed E-state index contributed by atoms with van der Waals surface area (Å²) in [6.07, 6.45) is 3.66. The molecule has 24 heavy (non-hydrogen) atoms. The molecule has 0 aliphatic heterocycles. The average molecular weight is 341 g/mol. The number of benzene rings is 2. The molecule has 0 bridgehead atoms. The summed E-state index contributed by atoms with van der Waals surface area (Å²) in [7, 11) is 1.64. The van der Waals surface area contributed by atoms with Crippen LogP contribution in [0.2, 0.25) is 0 Å². The number of imidazole rings is 1. The number of aromatic nitrogens is 2. The van der Waals surface area contributed by atoms with Crippen LogP contribution in [-0.2, 0) is 5.75 Å². The zero-order valence-corrected chi connectivity index (χ0v) is 13.8. The largest absolute Gasteiger partial charge is 0.497 e. The van der Waals surface area contributed by atoms with Crippen molar-refractivity contribution in [1.82, 2.24) is 9.55 Å². The van der Waals surface area contributed by atoms with Crippen LogP contribution in [0.15, 0.2) is 66.1 Å². The molecular formula is C17H15N3O3S. The molecule has 7 heteroatoms. The van der Waals surface area contributed by atoms with Gasteiger partial charge in [-0.05, 0) is 29.8 Å². The second-order valence-electron chi connectivity index (χ2n) is 4.99. The molecule has 3 rings (SSSR count). The number of hydrogen-bond acceptors (Lipinski definition) is 5. The van der Waals surface area contributed by atoms with Crippen molar-refractivity contribution in [3.05, 3.63) is 76.6 Å². The number of methoxy groups -OCH3 is 1. The zero-order valence-electron chi connectivity index (χ0n) is 13.0. The predicted octanol–water partition coefficient (Wildman–Crippen LogP) is 4.08. The zero-order chi connectivity index (χ0) is 16.9. The van der Waals surface area contributed by atoms with Crippen molar-refractivity contribution in [3.8, 4) is 11.4 Å². The van der Waals surface area contributed by atoms with Gasteiger partial charge in [-0.3, -0.25) is 14.7 Å². The Morgan fingerprint density at radius 2 is 1.88 bits per heavy atom. The van der Waals surface area contributed by atoms with Crippen molar-refractivity contribution in [2.45, 2.75) is 10.9 Å². The SMILES string of the molecule is COc1ccc(-n2ccnc2SCc2ccc([N+](=O)[O-])cc2)cc1. The third-order valence-corrected chi connectivity index (χ3v) is 4.51. The lowest BCUT2D eigenvalue weighted by molar-refractivity contribution is -0.384. The van der Waals surface area contributed by atoms with Crippen LogP contribution >= 0.6 is 11.8 Å². The standard InChI is InChI=1S/C17H15N3O3S/c1-23-16-8-6-14(7-9-16)19-11-10-18-17(19)24-12-13-2-4-15(5-3-13)20(21)22/h2-11H,12H2,1H3. The number of rotatable bonds is 6. The van der Waals surface area contributed by atoms with Gasteiger partial charge in [-0.25, -0.2) is 4.98 Å². The Balaban J connectivity index is 1.72. The van der Waals surface area contributed by atoms with Gasteiger partial charge in [-0.15, -0.1) is 0 Å². The third kappa shape index (κ3) is 3.57. The number of thioether (sulfide) groups is 1. The second kappa shape index (κ2) is 7.18. The van der Waals surface area contributed by atoms with Crippen molar-refractivity contribution in [2.75, 3.05) is 7.11 Å². The van der Waals surface area contributed by atoms with E-state index in [1.807, 2.05) is 35.0 Å². The molecule has 0 aliphatic carbocycles. The fraction of sp³-hybridized carbons (Fsp3) is 0.118. The molecule has 0 fully saturated rings. The Hall–Kier alpha value is -2.80. The highest BCUT2D eigenvalue weighted by Gasteiger charge is 2.08. The van der Waals surface area contributed by atoms with Crippen molar-refractivity contribution in [2.24, 2.45) is 0 Å². The highest BCUT2D eigenvalue weighted by Crippen LogP contribution is 2.25. The summed E-state index contributed by atoms with van der Waals surface area (Å²) in [4.78, 5) is 14.7. The molecule has 0 atom stereocenters. The van der Waals surface area contributed by atoms with Crippen molar-refractivity contribution < 1.29 is 9.66 Å². The highest BCUT2D eigenvalue weighted by molar-refractivity contribution is 7.98. The summed E-state index contributed by atoms with van der Waals surface area (Å²) in [6, 6.07) is 14.3. The molecule has 0 saturated heterocycles. The Morgan fingerprint density at radius 1 is 1.17 bits per heavy atom. The quantitative estimate of drug-likeness (QED) is 0.384. The topological polar surface area (TPSA) is 70.2 Å². The van der Waals surface area contributed by atoms with Gasteiger partial charge >= 0.3 is 0 Å². The summed E-state index contributed by atoms with van der Waals surface area (Å²) in [5.74, 6) is 1.49. The van der Waals surface area contributed by atoms with Gasteiger partial charge in [-0.2, -0.15) is 0 Å². The molecule has 6 nitrogen and oxygen atoms in total. The number of ether oxygens (including phenoxy) is 1. The minimum Gasteiger partial charge on any atom is -0.497 e. The summed E-state index contributed by atoms with van der Waals surface area (Å²) >= 11 is 1.58. The van der Waals surface area contributed by atoms with E-state index in [1.54, 1.807) is 37.2 Å². The first-order valence-electron chi connectivity index (χ1n) is 7.21. The van der Waals surface area contributed by atoms with Gasteiger partial charge in [0.25, 0.3) is 5.69 Å². The summed E-state index contributed by atoms with van der Waals surface area (Å²) in [6.45, 7) is 0. The molecule has 0 amide bonds. The first-order valence-corrected chi connectivity index (χ1v) is 8.20. The molecule has 2 aromatic carbocycles. The van der Waals surface area contributed by atoms with Crippen LogP contribution in [0.3, 0.4) is 0 Å². The number of non-ortho nitro benzene ring substituents is 1. The van der Waals surface area contributed by atoms with Gasteiger partial charge in [0.05, 0.1) is 12.0 Å². The molecule has 3 aromatic rings. The number of nitro benzene ring substituents is 1. The van der Waals surface area contributed by atoms with E-state index in [0.29, 0.717) is 5.75 Å². The van der Waals surface area contributed by atoms with Gasteiger partial charge in [-0.1, -0.05) is 23.9 Å². The van der Waals surface area contributed by atoms with E-state index in [9.17, 15) is 10.1 Å². The fourth-order valence-corrected chi connectivity index (χ4v) is 3.13. The Bertz CT molecular complexity index is 829. The number of hydrogen-bond donors (Lipinski definition) is 0. The van der Waals surface area contributed by atoms with E-state index < -0.39 is 4.92 Å². The van der Waals surface area contributed by atoms with E-state index in [-0.39, 0.29) is 5.69 Å². The van der Waals surface area contributed by atoms with Gasteiger partial charge in [0, 0.05) is 36.0 Å². The Labute approximate surface area is 143 Å². The van der Waals surface area contributed by atoms with Gasteiger partial charge in [0.2, 0.25) is 0 Å². The summed E-state index contributed by atoms with van der Waals surface area (Å²) < 4.78 is 7.17. The van der Waals surface area contributed by atoms with Gasteiger partial charge in [0.15, 0.2) is 5.16 Å². The normalized spacial score (nSPS) is 10.5. The van der Waals surface area contributed by atoms with Crippen LogP contribution < -0.4 is 4.74 Å². The summed E-state index contributed by atoms with van der Waals surface area (Å²) in [5.41, 5.74) is 2.11. The first kappa shape index (κ1) is 16.1. The molecule has 1 heterocycles. The number of nitrogens with zero attached hydrogens (tertiary/aromatic N) is 3. The molecule has 0 saturated carbocycles. The molecular weight excluding hydrogens is 326 g/mol. The van der Waals surface area contributed by atoms with Crippen molar-refractivity contribution >= 4 is 17.4 Å². The minimum atomic E-state index is -0.396. The van der Waals surface area contributed by atoms with E-state index in [1.165, 1.54) is 12.1 Å². The monoisotopic (exact) mass is 341 g/mol. The van der Waals surface area contributed by atoms with Gasteiger partial charge < -0.3 is 4.74 Å². The maximum atomic E-state index is 10.7. The van der Waals surface area contributed by atoms with Crippen molar-refractivity contribution in [1.29, 1.82) is 0 Å². The number of nitro groups is 1. The molecule has 0 unspecified atom stereocenters.